The van der Waals surface area contributed by atoms with Gasteiger partial charge in [0.1, 0.15) is 5.82 Å². The minimum absolute atomic E-state index is 0.0105. The molecule has 1 unspecified atom stereocenters. The molecule has 1 fully saturated rings. The standard InChI is InChI=1S/C17H20N6OS2/c1-21(2)26-13-10-23(17-19-6-8-25-17)16-12(15(13)24)3-4-14(20-16)22-7-5-11(18)9-22/h3-4,6,8,10-11H,5,7,9,18H2,1-2H3. The van der Waals surface area contributed by atoms with E-state index < -0.39 is 0 Å². The lowest BCUT2D eigenvalue weighted by Crippen LogP contribution is -2.27. The van der Waals surface area contributed by atoms with E-state index in [1.54, 1.807) is 6.20 Å². The lowest BCUT2D eigenvalue weighted by molar-refractivity contribution is 0.701. The summed E-state index contributed by atoms with van der Waals surface area (Å²) in [4.78, 5) is 25.0. The smallest absolute Gasteiger partial charge is 0.205 e. The van der Waals surface area contributed by atoms with Gasteiger partial charge in [0, 0.05) is 36.9 Å². The molecule has 3 aromatic rings. The molecule has 0 aromatic carbocycles. The number of hydrogen-bond donors (Lipinski definition) is 1. The van der Waals surface area contributed by atoms with Gasteiger partial charge in [-0.25, -0.2) is 9.97 Å². The van der Waals surface area contributed by atoms with Gasteiger partial charge < -0.3 is 10.6 Å². The lowest BCUT2D eigenvalue weighted by atomic mass is 10.2. The Kier molecular flexibility index (Phi) is 4.70. The van der Waals surface area contributed by atoms with E-state index in [1.165, 1.54) is 23.3 Å². The van der Waals surface area contributed by atoms with E-state index in [4.69, 9.17) is 10.7 Å². The largest absolute Gasteiger partial charge is 0.355 e. The summed E-state index contributed by atoms with van der Waals surface area (Å²) in [6.45, 7) is 1.67. The summed E-state index contributed by atoms with van der Waals surface area (Å²) in [7, 11) is 3.83. The van der Waals surface area contributed by atoms with Crippen LogP contribution in [0.5, 0.6) is 0 Å². The molecule has 1 aliphatic rings. The van der Waals surface area contributed by atoms with Crippen LogP contribution in [0.25, 0.3) is 16.2 Å². The zero-order valence-electron chi connectivity index (χ0n) is 14.6. The molecule has 0 amide bonds. The molecule has 26 heavy (non-hydrogen) atoms. The molecule has 4 rings (SSSR count). The fourth-order valence-corrected chi connectivity index (χ4v) is 4.44. The zero-order valence-corrected chi connectivity index (χ0v) is 16.3. The highest BCUT2D eigenvalue weighted by molar-refractivity contribution is 7.97. The Morgan fingerprint density at radius 1 is 1.38 bits per heavy atom. The molecule has 3 aromatic heterocycles. The number of aromatic nitrogens is 3. The van der Waals surface area contributed by atoms with Crippen LogP contribution < -0.4 is 16.1 Å². The molecular weight excluding hydrogens is 368 g/mol. The molecule has 0 spiro atoms. The van der Waals surface area contributed by atoms with Gasteiger partial charge in [-0.1, -0.05) is 0 Å². The summed E-state index contributed by atoms with van der Waals surface area (Å²) in [6, 6.07) is 3.96. The lowest BCUT2D eigenvalue weighted by Gasteiger charge is -2.18. The number of pyridine rings is 2. The van der Waals surface area contributed by atoms with E-state index in [0.717, 1.165) is 30.5 Å². The van der Waals surface area contributed by atoms with Crippen molar-refractivity contribution in [2.24, 2.45) is 5.73 Å². The molecule has 1 aliphatic heterocycles. The minimum atomic E-state index is -0.0105. The third-order valence-corrected chi connectivity index (χ3v) is 5.88. The molecule has 0 aliphatic carbocycles. The van der Waals surface area contributed by atoms with Crippen LogP contribution in [0.15, 0.2) is 39.6 Å². The van der Waals surface area contributed by atoms with Gasteiger partial charge in [-0.2, -0.15) is 0 Å². The van der Waals surface area contributed by atoms with Crippen LogP contribution in [-0.4, -0.2) is 52.1 Å². The molecule has 0 radical (unpaired) electrons. The third kappa shape index (κ3) is 3.23. The second kappa shape index (κ2) is 6.99. The second-order valence-corrected chi connectivity index (χ2v) is 8.67. The Bertz CT molecular complexity index is 985. The number of nitrogens with zero attached hydrogens (tertiary/aromatic N) is 5. The van der Waals surface area contributed by atoms with Crippen molar-refractivity contribution < 1.29 is 0 Å². The van der Waals surface area contributed by atoms with Crippen LogP contribution in [0.2, 0.25) is 0 Å². The maximum absolute atomic E-state index is 12.9. The van der Waals surface area contributed by atoms with Gasteiger partial charge in [0.05, 0.1) is 10.3 Å². The summed E-state index contributed by atoms with van der Waals surface area (Å²) >= 11 is 2.92. The summed E-state index contributed by atoms with van der Waals surface area (Å²) in [6.07, 6.45) is 4.55. The van der Waals surface area contributed by atoms with Crippen molar-refractivity contribution in [2.45, 2.75) is 17.4 Å². The topological polar surface area (TPSA) is 80.3 Å². The fraction of sp³-hybridized carbons (Fsp3) is 0.353. The highest BCUT2D eigenvalue weighted by atomic mass is 32.2. The number of rotatable bonds is 4. The first-order chi connectivity index (χ1) is 12.5. The van der Waals surface area contributed by atoms with Crippen molar-refractivity contribution >= 4 is 40.1 Å². The summed E-state index contributed by atoms with van der Waals surface area (Å²) in [5, 5.41) is 3.30. The van der Waals surface area contributed by atoms with Crippen molar-refractivity contribution in [1.29, 1.82) is 0 Å². The molecule has 4 heterocycles. The highest BCUT2D eigenvalue weighted by Crippen LogP contribution is 2.26. The van der Waals surface area contributed by atoms with Crippen molar-refractivity contribution in [3.63, 3.8) is 0 Å². The summed E-state index contributed by atoms with van der Waals surface area (Å²) in [5.41, 5.74) is 6.65. The van der Waals surface area contributed by atoms with Crippen LogP contribution in [0.3, 0.4) is 0 Å². The van der Waals surface area contributed by atoms with Crippen LogP contribution in [0.1, 0.15) is 6.42 Å². The van der Waals surface area contributed by atoms with Gasteiger partial charge in [-0.05, 0) is 44.6 Å². The van der Waals surface area contributed by atoms with Crippen LogP contribution in [0.4, 0.5) is 5.82 Å². The SMILES string of the molecule is CN(C)Sc1cn(-c2nccs2)c2nc(N3CCC(N)C3)ccc2c1=O. The van der Waals surface area contributed by atoms with Gasteiger partial charge in [0.25, 0.3) is 0 Å². The number of nitrogens with two attached hydrogens (primary N) is 1. The predicted molar refractivity (Wildman–Crippen MR) is 107 cm³/mol. The summed E-state index contributed by atoms with van der Waals surface area (Å²) in [5.74, 6) is 0.850. The number of hydrogen-bond acceptors (Lipinski definition) is 8. The van der Waals surface area contributed by atoms with E-state index in [-0.39, 0.29) is 11.5 Å². The Morgan fingerprint density at radius 3 is 2.88 bits per heavy atom. The van der Waals surface area contributed by atoms with E-state index in [9.17, 15) is 4.79 Å². The molecule has 9 heteroatoms. The number of fused-ring (bicyclic) bond motifs is 1. The molecular formula is C17H20N6OS2. The Labute approximate surface area is 159 Å². The number of thiazole rings is 1. The molecule has 0 bridgehead atoms. The van der Waals surface area contributed by atoms with Crippen molar-refractivity contribution in [3.8, 4) is 5.13 Å². The van der Waals surface area contributed by atoms with E-state index in [1.807, 2.05) is 46.7 Å². The third-order valence-electron chi connectivity index (χ3n) is 4.26. The van der Waals surface area contributed by atoms with Crippen LogP contribution >= 0.6 is 23.3 Å². The average Bonchev–Trinajstić information content (AvgIpc) is 3.28. The first-order valence-electron chi connectivity index (χ1n) is 8.35. The molecule has 7 nitrogen and oxygen atoms in total. The summed E-state index contributed by atoms with van der Waals surface area (Å²) < 4.78 is 3.81. The van der Waals surface area contributed by atoms with Crippen LogP contribution in [-0.2, 0) is 0 Å². The molecule has 1 saturated heterocycles. The number of anilines is 1. The van der Waals surface area contributed by atoms with Gasteiger partial charge >= 0.3 is 0 Å². The van der Waals surface area contributed by atoms with E-state index in [0.29, 0.717) is 15.9 Å². The Balaban J connectivity index is 1.91. The van der Waals surface area contributed by atoms with Gasteiger partial charge in [-0.3, -0.25) is 13.7 Å². The van der Waals surface area contributed by atoms with Crippen molar-refractivity contribution in [3.05, 3.63) is 40.1 Å². The van der Waals surface area contributed by atoms with Gasteiger partial charge in [-0.15, -0.1) is 11.3 Å². The minimum Gasteiger partial charge on any atom is -0.355 e. The predicted octanol–water partition coefficient (Wildman–Crippen LogP) is 1.95. The molecule has 2 N–H and O–H groups in total. The molecule has 1 atom stereocenters. The first-order valence-corrected chi connectivity index (χ1v) is 10.0. The second-order valence-electron chi connectivity index (χ2n) is 6.45. The monoisotopic (exact) mass is 388 g/mol. The van der Waals surface area contributed by atoms with Gasteiger partial charge in [0.2, 0.25) is 5.43 Å². The molecule has 0 saturated carbocycles. The first kappa shape index (κ1) is 17.5. The normalized spacial score (nSPS) is 17.5. The molecule has 136 valence electrons. The van der Waals surface area contributed by atoms with Gasteiger partial charge in [0.15, 0.2) is 10.8 Å². The Hall–Kier alpha value is -1.94. The maximum Gasteiger partial charge on any atom is 0.205 e. The fourth-order valence-electron chi connectivity index (χ4n) is 3.08. The van der Waals surface area contributed by atoms with Crippen molar-refractivity contribution in [1.82, 2.24) is 18.8 Å². The average molecular weight is 389 g/mol. The Morgan fingerprint density at radius 2 is 2.23 bits per heavy atom. The van der Waals surface area contributed by atoms with E-state index in [2.05, 4.69) is 9.88 Å². The maximum atomic E-state index is 12.9. The quantitative estimate of drug-likeness (QED) is 0.684. The van der Waals surface area contributed by atoms with Crippen molar-refractivity contribution in [2.75, 3.05) is 32.1 Å². The zero-order chi connectivity index (χ0) is 18.3. The van der Waals surface area contributed by atoms with E-state index >= 15 is 0 Å². The van der Waals surface area contributed by atoms with Crippen LogP contribution in [0, 0.1) is 0 Å². The highest BCUT2D eigenvalue weighted by Gasteiger charge is 2.22.